The molecule has 1 aromatic heterocycles. The van der Waals surface area contributed by atoms with Crippen LogP contribution in [0.5, 0.6) is 0 Å². The van der Waals surface area contributed by atoms with Gasteiger partial charge in [-0.25, -0.2) is 4.98 Å². The van der Waals surface area contributed by atoms with Crippen LogP contribution >= 0.6 is 11.6 Å². The molecule has 3 rings (SSSR count). The van der Waals surface area contributed by atoms with Crippen LogP contribution < -0.4 is 5.32 Å². The first-order chi connectivity index (χ1) is 10.0. The summed E-state index contributed by atoms with van der Waals surface area (Å²) in [6, 6.07) is 1.30. The van der Waals surface area contributed by atoms with Gasteiger partial charge in [0.15, 0.2) is 0 Å². The van der Waals surface area contributed by atoms with Gasteiger partial charge in [-0.05, 0) is 50.2 Å². The predicted octanol–water partition coefficient (Wildman–Crippen LogP) is 2.32. The average molecular weight is 312 g/mol. The third-order valence-corrected chi connectivity index (χ3v) is 4.87. The summed E-state index contributed by atoms with van der Waals surface area (Å²) >= 11 is 5.73. The van der Waals surface area contributed by atoms with E-state index in [4.69, 9.17) is 11.6 Å². The fourth-order valence-corrected chi connectivity index (χ4v) is 3.68. The summed E-state index contributed by atoms with van der Waals surface area (Å²) in [6.45, 7) is 0.690. The minimum atomic E-state index is -0.489. The number of rotatable bonds is 4. The third kappa shape index (κ3) is 2.94. The van der Waals surface area contributed by atoms with Crippen LogP contribution in [0, 0.1) is 16.0 Å². The van der Waals surface area contributed by atoms with Gasteiger partial charge in [-0.2, -0.15) is 4.98 Å². The maximum absolute atomic E-state index is 11.0. The summed E-state index contributed by atoms with van der Waals surface area (Å²) in [5.41, 5.74) is -0.129. The second-order valence-corrected chi connectivity index (χ2v) is 6.24. The molecule has 114 valence electrons. The van der Waals surface area contributed by atoms with Crippen molar-refractivity contribution in [2.45, 2.75) is 37.8 Å². The number of fused-ring (bicyclic) bond motifs is 2. The van der Waals surface area contributed by atoms with Crippen molar-refractivity contribution in [2.24, 2.45) is 5.92 Å². The summed E-state index contributed by atoms with van der Waals surface area (Å²) in [6.07, 6.45) is 5.93. The van der Waals surface area contributed by atoms with E-state index in [2.05, 4.69) is 27.2 Å². The van der Waals surface area contributed by atoms with Gasteiger partial charge in [-0.1, -0.05) is 0 Å². The van der Waals surface area contributed by atoms with Crippen LogP contribution in [-0.2, 0) is 0 Å². The van der Waals surface area contributed by atoms with E-state index in [1.807, 2.05) is 0 Å². The first kappa shape index (κ1) is 14.5. The molecule has 0 aromatic carbocycles. The van der Waals surface area contributed by atoms with Gasteiger partial charge < -0.3 is 10.2 Å². The van der Waals surface area contributed by atoms with Crippen molar-refractivity contribution < 1.29 is 4.92 Å². The third-order valence-electron chi connectivity index (χ3n) is 4.69. The van der Waals surface area contributed by atoms with Gasteiger partial charge in [0.05, 0.1) is 4.92 Å². The topological polar surface area (TPSA) is 84.2 Å². The number of hydrogen-bond acceptors (Lipinski definition) is 6. The highest BCUT2D eigenvalue weighted by Crippen LogP contribution is 2.37. The van der Waals surface area contributed by atoms with E-state index >= 15 is 0 Å². The van der Waals surface area contributed by atoms with E-state index in [1.54, 1.807) is 0 Å². The van der Waals surface area contributed by atoms with Gasteiger partial charge in [0.25, 0.3) is 0 Å². The zero-order valence-electron chi connectivity index (χ0n) is 11.8. The fraction of sp³-hybridized carbons (Fsp3) is 0.692. The molecule has 2 aliphatic heterocycles. The fourth-order valence-electron chi connectivity index (χ4n) is 3.55. The van der Waals surface area contributed by atoms with Gasteiger partial charge in [0.2, 0.25) is 11.1 Å². The molecule has 0 saturated carbocycles. The number of halogens is 1. The summed E-state index contributed by atoms with van der Waals surface area (Å²) < 4.78 is 0. The SMILES string of the molecule is CN1C2CCC1CC(CNc1nc(Cl)ncc1[N+](=O)[O-])C2. The van der Waals surface area contributed by atoms with Crippen LogP contribution in [0.4, 0.5) is 11.5 Å². The first-order valence-electron chi connectivity index (χ1n) is 7.17. The molecule has 2 unspecified atom stereocenters. The molecule has 2 aliphatic rings. The number of piperidine rings is 1. The van der Waals surface area contributed by atoms with Crippen LogP contribution in [0.3, 0.4) is 0 Å². The molecule has 1 aromatic rings. The molecule has 0 radical (unpaired) electrons. The number of hydrogen-bond donors (Lipinski definition) is 1. The van der Waals surface area contributed by atoms with Crippen LogP contribution in [0.2, 0.25) is 5.28 Å². The van der Waals surface area contributed by atoms with E-state index in [0.717, 1.165) is 19.0 Å². The van der Waals surface area contributed by atoms with Crippen molar-refractivity contribution in [3.05, 3.63) is 21.6 Å². The van der Waals surface area contributed by atoms with Crippen LogP contribution in [0.25, 0.3) is 0 Å². The zero-order valence-corrected chi connectivity index (χ0v) is 12.6. The standard InChI is InChI=1S/C13H18ClN5O2/c1-18-9-2-3-10(18)5-8(4-9)6-15-12-11(19(20)21)7-16-13(14)17-12/h7-10H,2-6H2,1H3,(H,15,16,17). The summed E-state index contributed by atoms with van der Waals surface area (Å²) in [4.78, 5) is 20.6. The Kier molecular flexibility index (Phi) is 3.95. The number of nitrogens with one attached hydrogen (secondary N) is 1. The Balaban J connectivity index is 1.66. The molecular weight excluding hydrogens is 294 g/mol. The molecule has 21 heavy (non-hydrogen) atoms. The van der Waals surface area contributed by atoms with Crippen molar-refractivity contribution in [1.29, 1.82) is 0 Å². The minimum Gasteiger partial charge on any atom is -0.364 e. The van der Waals surface area contributed by atoms with Gasteiger partial charge in [0.1, 0.15) is 6.20 Å². The monoisotopic (exact) mass is 311 g/mol. The first-order valence-corrected chi connectivity index (χ1v) is 7.55. The highest BCUT2D eigenvalue weighted by Gasteiger charge is 2.38. The Hall–Kier alpha value is -1.47. The quantitative estimate of drug-likeness (QED) is 0.522. The molecule has 2 fully saturated rings. The summed E-state index contributed by atoms with van der Waals surface area (Å²) in [7, 11) is 2.20. The van der Waals surface area contributed by atoms with E-state index in [0.29, 0.717) is 24.5 Å². The Morgan fingerprint density at radius 1 is 1.48 bits per heavy atom. The average Bonchev–Trinajstić information content (AvgIpc) is 2.67. The van der Waals surface area contributed by atoms with Gasteiger partial charge in [-0.15, -0.1) is 0 Å². The van der Waals surface area contributed by atoms with E-state index in [1.165, 1.54) is 12.8 Å². The van der Waals surface area contributed by atoms with E-state index in [-0.39, 0.29) is 16.8 Å². The molecule has 2 bridgehead atoms. The smallest absolute Gasteiger partial charge is 0.329 e. The maximum atomic E-state index is 11.0. The van der Waals surface area contributed by atoms with Crippen LogP contribution in [0.15, 0.2) is 6.20 Å². The molecule has 0 aliphatic carbocycles. The van der Waals surface area contributed by atoms with Crippen molar-refractivity contribution in [3.63, 3.8) is 0 Å². The Bertz CT molecular complexity index is 541. The largest absolute Gasteiger partial charge is 0.364 e. The molecule has 2 saturated heterocycles. The van der Waals surface area contributed by atoms with Crippen molar-refractivity contribution in [2.75, 3.05) is 18.9 Å². The molecule has 0 spiro atoms. The van der Waals surface area contributed by atoms with Gasteiger partial charge in [0, 0.05) is 18.6 Å². The summed E-state index contributed by atoms with van der Waals surface area (Å²) in [5.74, 6) is 0.735. The van der Waals surface area contributed by atoms with Crippen molar-refractivity contribution in [1.82, 2.24) is 14.9 Å². The van der Waals surface area contributed by atoms with Crippen molar-refractivity contribution in [3.8, 4) is 0 Å². The summed E-state index contributed by atoms with van der Waals surface area (Å²) in [5, 5.41) is 14.1. The van der Waals surface area contributed by atoms with E-state index < -0.39 is 4.92 Å². The molecule has 8 heteroatoms. The number of aromatic nitrogens is 2. The highest BCUT2D eigenvalue weighted by molar-refractivity contribution is 6.28. The lowest BCUT2D eigenvalue weighted by atomic mass is 9.91. The van der Waals surface area contributed by atoms with Crippen LogP contribution in [-0.4, -0.2) is 45.5 Å². The van der Waals surface area contributed by atoms with Gasteiger partial charge >= 0.3 is 5.69 Å². The van der Waals surface area contributed by atoms with Crippen molar-refractivity contribution >= 4 is 23.1 Å². The van der Waals surface area contributed by atoms with Gasteiger partial charge in [-0.3, -0.25) is 10.1 Å². The molecule has 2 atom stereocenters. The molecule has 0 amide bonds. The lowest BCUT2D eigenvalue weighted by Crippen LogP contribution is -2.41. The highest BCUT2D eigenvalue weighted by atomic mass is 35.5. The molecule has 3 heterocycles. The second-order valence-electron chi connectivity index (χ2n) is 5.90. The number of nitro groups is 1. The lowest BCUT2D eigenvalue weighted by molar-refractivity contribution is -0.384. The minimum absolute atomic E-state index is 0.0200. The Labute approximate surface area is 127 Å². The molecular formula is C13H18ClN5O2. The number of nitrogens with zero attached hydrogens (tertiary/aromatic N) is 4. The Morgan fingerprint density at radius 3 is 2.76 bits per heavy atom. The van der Waals surface area contributed by atoms with Crippen LogP contribution in [0.1, 0.15) is 25.7 Å². The van der Waals surface area contributed by atoms with E-state index in [9.17, 15) is 10.1 Å². The maximum Gasteiger partial charge on any atom is 0.329 e. The lowest BCUT2D eigenvalue weighted by Gasteiger charge is -2.36. The number of anilines is 1. The molecule has 1 N–H and O–H groups in total. The predicted molar refractivity (Wildman–Crippen MR) is 79.5 cm³/mol. The second kappa shape index (κ2) is 5.73. The molecule has 7 nitrogen and oxygen atoms in total. The normalized spacial score (nSPS) is 28.6. The Morgan fingerprint density at radius 2 is 2.14 bits per heavy atom. The zero-order chi connectivity index (χ0) is 15.0.